The Hall–Kier alpha value is -15.6. The second-order valence-corrected chi connectivity index (χ2v) is 29.1. The predicted octanol–water partition coefficient (Wildman–Crippen LogP) is 25.5. The van der Waals surface area contributed by atoms with E-state index in [0.29, 0.717) is 17.5 Å². The summed E-state index contributed by atoms with van der Waals surface area (Å²) in [7, 11) is 0. The first-order chi connectivity index (χ1) is 56.5. The smallest absolute Gasteiger partial charge is 0.164 e. The summed E-state index contributed by atoms with van der Waals surface area (Å²) >= 11 is 0. The van der Waals surface area contributed by atoms with Gasteiger partial charge in [-0.3, -0.25) is 8.80 Å². The van der Waals surface area contributed by atoms with Gasteiger partial charge in [0.2, 0.25) is 0 Å². The van der Waals surface area contributed by atoms with Gasteiger partial charge in [-0.15, -0.1) is 0 Å². The lowest BCUT2D eigenvalue weighted by molar-refractivity contribution is 1.07. The Morgan fingerprint density at radius 3 is 0.974 bits per heavy atom. The van der Waals surface area contributed by atoms with Crippen LogP contribution in [-0.2, 0) is 0 Å². The maximum absolute atomic E-state index is 5.32. The van der Waals surface area contributed by atoms with Crippen LogP contribution >= 0.6 is 0 Å². The number of imidazole rings is 2. The molecule has 8 aromatic heterocycles. The van der Waals surface area contributed by atoms with Crippen molar-refractivity contribution in [2.24, 2.45) is 0 Å². The largest absolute Gasteiger partial charge is 0.309 e. The molecule has 530 valence electrons. The molecule has 11 heteroatoms. The van der Waals surface area contributed by atoms with E-state index in [9.17, 15) is 0 Å². The third-order valence-corrected chi connectivity index (χ3v) is 22.6. The topological polar surface area (TPSA) is 109 Å². The molecule has 0 aliphatic rings. The van der Waals surface area contributed by atoms with Crippen molar-refractivity contribution in [2.75, 3.05) is 0 Å². The minimum absolute atomic E-state index is 0.608. The number of benzene rings is 16. The van der Waals surface area contributed by atoms with Crippen molar-refractivity contribution >= 4 is 109 Å². The number of hydrogen-bond acceptors (Lipinski definition) is 7. The molecule has 0 unspecified atom stereocenters. The lowest BCUT2D eigenvalue weighted by Crippen LogP contribution is -2.01. The van der Waals surface area contributed by atoms with Gasteiger partial charge in [0, 0.05) is 82.6 Å². The lowest BCUT2D eigenvalue weighted by Gasteiger charge is -2.13. The fourth-order valence-electron chi connectivity index (χ4n) is 17.5. The molecule has 16 aromatic carbocycles. The van der Waals surface area contributed by atoms with Crippen molar-refractivity contribution < 1.29 is 0 Å². The van der Waals surface area contributed by atoms with Crippen molar-refractivity contribution in [1.29, 1.82) is 0 Å². The van der Waals surface area contributed by atoms with E-state index < -0.39 is 0 Å². The van der Waals surface area contributed by atoms with Gasteiger partial charge in [-0.05, 0) is 136 Å². The van der Waals surface area contributed by atoms with Gasteiger partial charge in [0.15, 0.2) is 17.5 Å². The first kappa shape index (κ1) is 64.4. The second kappa shape index (κ2) is 26.1. The molecule has 0 atom stereocenters. The molecule has 114 heavy (non-hydrogen) atoms. The van der Waals surface area contributed by atoms with Crippen LogP contribution in [0.4, 0.5) is 0 Å². The monoisotopic (exact) mass is 1450 g/mol. The molecule has 0 radical (unpaired) electrons. The minimum Gasteiger partial charge on any atom is -0.309 e. The molecule has 0 N–H and O–H groups in total. The van der Waals surface area contributed by atoms with Crippen LogP contribution in [0.5, 0.6) is 0 Å². The molecule has 24 rings (SSSR count). The van der Waals surface area contributed by atoms with E-state index in [0.717, 1.165) is 162 Å². The van der Waals surface area contributed by atoms with Gasteiger partial charge in [0.05, 0.1) is 77.6 Å². The molecule has 0 amide bonds. The second-order valence-electron chi connectivity index (χ2n) is 29.1. The fraction of sp³-hybridized carbons (Fsp3) is 0. The highest BCUT2D eigenvalue weighted by atomic mass is 15.1. The van der Waals surface area contributed by atoms with Crippen LogP contribution in [-0.4, -0.2) is 52.8 Å². The first-order valence-corrected chi connectivity index (χ1v) is 38.4. The molecule has 0 aliphatic carbocycles. The van der Waals surface area contributed by atoms with Crippen LogP contribution in [0, 0.1) is 0 Å². The standard InChI is InChI=1S/C58H36N6.C45H27N5/c1-4-15-37(16-5-1)41-21-12-23-43(35-41)56-60-55(61-57(62-56)44-24-13-22-42(36-44)38-17-6-2-7-18-38)39-29-31-45(32-30-39)63-50-28-14-26-47-46-25-10-11-27-49(46)64-54-48(33-34-51(63)53(54)52(47)50)59-58(64)40-19-8-3-9-20-40;1-4-13-28(14-5-1)42-43(29-15-6-2-7-16-29)47-36-27-31(23-24-34(36)46-42)49-38-22-12-20-33-32-19-10-11-21-37(32)50-44-35(25-26-39(49)41(44)40(33)38)48-45(50)30-17-8-3-9-18-30/h1-36H;1-27H. The van der Waals surface area contributed by atoms with Crippen LogP contribution in [0.25, 0.3) is 222 Å². The number of para-hydroxylation sites is 2. The number of nitrogens with zero attached hydrogens (tertiary/aromatic N) is 11. The van der Waals surface area contributed by atoms with E-state index in [2.05, 4.69) is 376 Å². The predicted molar refractivity (Wildman–Crippen MR) is 467 cm³/mol. The van der Waals surface area contributed by atoms with Gasteiger partial charge < -0.3 is 9.13 Å². The average Bonchev–Trinajstić information content (AvgIpc) is 1.54. The van der Waals surface area contributed by atoms with Crippen LogP contribution in [0.1, 0.15) is 0 Å². The van der Waals surface area contributed by atoms with Crippen LogP contribution < -0.4 is 0 Å². The summed E-state index contributed by atoms with van der Waals surface area (Å²) in [5.41, 5.74) is 28.0. The van der Waals surface area contributed by atoms with Gasteiger partial charge in [-0.2, -0.15) is 0 Å². The van der Waals surface area contributed by atoms with Crippen molar-refractivity contribution in [3.05, 3.63) is 382 Å². The van der Waals surface area contributed by atoms with Crippen LogP contribution in [0.2, 0.25) is 0 Å². The minimum atomic E-state index is 0.608. The molecule has 8 heterocycles. The van der Waals surface area contributed by atoms with E-state index in [1.165, 1.54) is 43.1 Å². The van der Waals surface area contributed by atoms with E-state index in [1.807, 2.05) is 24.3 Å². The van der Waals surface area contributed by atoms with Crippen LogP contribution in [0.15, 0.2) is 382 Å². The molecule has 11 nitrogen and oxygen atoms in total. The molecule has 0 aliphatic heterocycles. The summed E-state index contributed by atoms with van der Waals surface area (Å²) in [5, 5.41) is 9.65. The highest BCUT2D eigenvalue weighted by Crippen LogP contribution is 2.47. The Bertz CT molecular complexity index is 7770. The highest BCUT2D eigenvalue weighted by Gasteiger charge is 2.28. The molecule has 0 fully saturated rings. The Labute approximate surface area is 653 Å². The van der Waals surface area contributed by atoms with Gasteiger partial charge in [-0.1, -0.05) is 279 Å². The summed E-state index contributed by atoms with van der Waals surface area (Å²) in [6, 6.07) is 134. The average molecular weight is 1450 g/mol. The van der Waals surface area contributed by atoms with E-state index in [1.54, 1.807) is 0 Å². The number of aromatic nitrogens is 11. The summed E-state index contributed by atoms with van der Waals surface area (Å²) in [6.07, 6.45) is 0. The zero-order chi connectivity index (χ0) is 74.9. The van der Waals surface area contributed by atoms with Gasteiger partial charge in [0.1, 0.15) is 11.6 Å². The normalized spacial score (nSPS) is 11.9. The summed E-state index contributed by atoms with van der Waals surface area (Å²) in [5.74, 6) is 3.72. The number of hydrogen-bond donors (Lipinski definition) is 0. The summed E-state index contributed by atoms with van der Waals surface area (Å²) in [4.78, 5) is 36.6. The maximum Gasteiger partial charge on any atom is 0.164 e. The van der Waals surface area contributed by atoms with Crippen molar-refractivity contribution in [2.45, 2.75) is 0 Å². The molecule has 0 saturated heterocycles. The maximum atomic E-state index is 5.32. The Balaban J connectivity index is 0.000000139. The van der Waals surface area contributed by atoms with Gasteiger partial charge >= 0.3 is 0 Å². The lowest BCUT2D eigenvalue weighted by atomic mass is 10.0. The third-order valence-electron chi connectivity index (χ3n) is 22.6. The number of fused-ring (bicyclic) bond motifs is 7. The molecule has 0 spiro atoms. The first-order valence-electron chi connectivity index (χ1n) is 38.4. The molecule has 0 bridgehead atoms. The van der Waals surface area contributed by atoms with Gasteiger partial charge in [0.25, 0.3) is 0 Å². The Morgan fingerprint density at radius 2 is 0.509 bits per heavy atom. The van der Waals surface area contributed by atoms with Crippen molar-refractivity contribution in [1.82, 2.24) is 52.8 Å². The SMILES string of the molecule is c1ccc(-c2cccc(-c3nc(-c4ccc(-n5c6cccc7c8ccccc8n8c(-c9ccccc9)nc9ccc5c(c76)c98)cc4)nc(-c4cccc(-c5ccccc5)c4)n3)c2)cc1.c1ccc(-c2nc3ccc(-n4c5cccc6c7ccccc7n7c(-c8ccccc8)nc8ccc4c(c65)c87)cc3nc2-c2ccccc2)cc1. The Morgan fingerprint density at radius 1 is 0.175 bits per heavy atom. The highest BCUT2D eigenvalue weighted by molar-refractivity contribution is 6.32. The zero-order valence-corrected chi connectivity index (χ0v) is 61.3. The van der Waals surface area contributed by atoms with E-state index in [-0.39, 0.29) is 0 Å². The van der Waals surface area contributed by atoms with E-state index >= 15 is 0 Å². The third kappa shape index (κ3) is 10.3. The molecule has 0 saturated carbocycles. The van der Waals surface area contributed by atoms with Crippen molar-refractivity contribution in [3.63, 3.8) is 0 Å². The summed E-state index contributed by atoms with van der Waals surface area (Å²) < 4.78 is 9.51. The van der Waals surface area contributed by atoms with Gasteiger partial charge in [-0.25, -0.2) is 34.9 Å². The molecular weight excluding hydrogens is 1390 g/mol. The van der Waals surface area contributed by atoms with E-state index in [4.69, 9.17) is 34.9 Å². The quantitative estimate of drug-likeness (QED) is 0.127. The Kier molecular flexibility index (Phi) is 14.7. The number of rotatable bonds is 11. The zero-order valence-electron chi connectivity index (χ0n) is 61.3. The summed E-state index contributed by atoms with van der Waals surface area (Å²) in [6.45, 7) is 0. The molecule has 24 aromatic rings. The van der Waals surface area contributed by atoms with Crippen molar-refractivity contribution in [3.8, 4) is 113 Å². The molecular formula is C103H63N11. The fourth-order valence-corrected chi connectivity index (χ4v) is 17.5. The van der Waals surface area contributed by atoms with Crippen LogP contribution in [0.3, 0.4) is 0 Å².